The van der Waals surface area contributed by atoms with Gasteiger partial charge in [0.15, 0.2) is 0 Å². The van der Waals surface area contributed by atoms with E-state index in [9.17, 15) is 4.39 Å². The van der Waals surface area contributed by atoms with Gasteiger partial charge in [0.1, 0.15) is 0 Å². The molecule has 1 heterocycles. The topological polar surface area (TPSA) is 34.1 Å². The Morgan fingerprint density at radius 1 is 1.53 bits per heavy atom. The second-order valence-corrected chi connectivity index (χ2v) is 3.88. The molecule has 0 aromatic carbocycles. The van der Waals surface area contributed by atoms with E-state index in [4.69, 9.17) is 4.74 Å². The number of ether oxygens (including phenoxy) is 1. The molecule has 0 amide bonds. The average molecular weight is 210 g/mol. The minimum atomic E-state index is -0.443. The van der Waals surface area contributed by atoms with Gasteiger partial charge in [-0.15, -0.1) is 0 Å². The van der Waals surface area contributed by atoms with Crippen molar-refractivity contribution in [2.45, 2.75) is 31.4 Å². The van der Waals surface area contributed by atoms with Crippen molar-refractivity contribution in [3.05, 3.63) is 24.3 Å². The summed E-state index contributed by atoms with van der Waals surface area (Å²) in [7, 11) is 1.74. The maximum absolute atomic E-state index is 12.8. The molecule has 1 aliphatic carbocycles. The second kappa shape index (κ2) is 4.57. The monoisotopic (exact) mass is 210 g/mol. The van der Waals surface area contributed by atoms with Crippen LogP contribution in [0.4, 0.5) is 10.1 Å². The number of halogens is 1. The summed E-state index contributed by atoms with van der Waals surface area (Å²) in [6, 6.07) is 3.58. The molecule has 0 spiro atoms. The zero-order valence-electron chi connectivity index (χ0n) is 8.74. The molecule has 0 aliphatic heterocycles. The van der Waals surface area contributed by atoms with Gasteiger partial charge in [0.2, 0.25) is 5.95 Å². The van der Waals surface area contributed by atoms with Crippen molar-refractivity contribution in [3.63, 3.8) is 0 Å². The Bertz CT molecular complexity index is 332. The van der Waals surface area contributed by atoms with E-state index in [0.29, 0.717) is 12.1 Å². The molecule has 2 atom stereocenters. The van der Waals surface area contributed by atoms with Gasteiger partial charge in [0, 0.05) is 31.1 Å². The predicted molar refractivity (Wildman–Crippen MR) is 56.3 cm³/mol. The van der Waals surface area contributed by atoms with Crippen molar-refractivity contribution in [2.75, 3.05) is 12.4 Å². The third-order valence-corrected chi connectivity index (χ3v) is 2.82. The van der Waals surface area contributed by atoms with Crippen molar-refractivity contribution < 1.29 is 9.13 Å². The second-order valence-electron chi connectivity index (χ2n) is 3.88. The van der Waals surface area contributed by atoms with Crippen LogP contribution in [0.3, 0.4) is 0 Å². The van der Waals surface area contributed by atoms with Gasteiger partial charge in [-0.1, -0.05) is 0 Å². The summed E-state index contributed by atoms with van der Waals surface area (Å²) in [6.45, 7) is 0. The summed E-state index contributed by atoms with van der Waals surface area (Å²) < 4.78 is 18.1. The molecule has 4 heteroatoms. The lowest BCUT2D eigenvalue weighted by Gasteiger charge is -2.13. The molecule has 0 radical (unpaired) electrons. The third-order valence-electron chi connectivity index (χ3n) is 2.82. The fraction of sp³-hybridized carbons (Fsp3) is 0.545. The summed E-state index contributed by atoms with van der Waals surface area (Å²) in [5, 5.41) is 3.29. The molecule has 1 aromatic heterocycles. The molecule has 15 heavy (non-hydrogen) atoms. The zero-order chi connectivity index (χ0) is 10.7. The van der Waals surface area contributed by atoms with Crippen LogP contribution in [-0.2, 0) is 4.74 Å². The normalized spacial score (nSPS) is 25.5. The number of hydrogen-bond acceptors (Lipinski definition) is 3. The van der Waals surface area contributed by atoms with Crippen molar-refractivity contribution in [1.29, 1.82) is 0 Å². The van der Waals surface area contributed by atoms with Crippen molar-refractivity contribution >= 4 is 5.69 Å². The number of nitrogens with one attached hydrogen (secondary N) is 1. The number of pyridine rings is 1. The molecule has 0 bridgehead atoms. The van der Waals surface area contributed by atoms with E-state index in [-0.39, 0.29) is 0 Å². The third kappa shape index (κ3) is 2.65. The maximum atomic E-state index is 12.8. The van der Waals surface area contributed by atoms with Crippen LogP contribution in [0.5, 0.6) is 0 Å². The molecule has 2 rings (SSSR count). The van der Waals surface area contributed by atoms with Gasteiger partial charge in [0.05, 0.1) is 6.10 Å². The SMILES string of the molecule is COC1CCC(Nc2ccnc(F)c2)C1. The predicted octanol–water partition coefficient (Wildman–Crippen LogP) is 2.20. The molecule has 3 nitrogen and oxygen atoms in total. The van der Waals surface area contributed by atoms with E-state index in [2.05, 4.69) is 10.3 Å². The van der Waals surface area contributed by atoms with Gasteiger partial charge in [-0.2, -0.15) is 4.39 Å². The van der Waals surface area contributed by atoms with Crippen LogP contribution in [0.1, 0.15) is 19.3 Å². The molecular formula is C11H15FN2O. The lowest BCUT2D eigenvalue weighted by atomic mass is 10.2. The number of rotatable bonds is 3. The number of hydrogen-bond donors (Lipinski definition) is 1. The first-order valence-electron chi connectivity index (χ1n) is 5.19. The highest BCUT2D eigenvalue weighted by molar-refractivity contribution is 5.42. The maximum Gasteiger partial charge on any atom is 0.214 e. The smallest absolute Gasteiger partial charge is 0.214 e. The van der Waals surface area contributed by atoms with E-state index in [0.717, 1.165) is 24.9 Å². The number of nitrogens with zero attached hydrogens (tertiary/aromatic N) is 1. The summed E-state index contributed by atoms with van der Waals surface area (Å²) >= 11 is 0. The minimum Gasteiger partial charge on any atom is -0.382 e. The van der Waals surface area contributed by atoms with Crippen molar-refractivity contribution in [3.8, 4) is 0 Å². The summed E-state index contributed by atoms with van der Waals surface area (Å²) in [6.07, 6.45) is 4.94. The lowest BCUT2D eigenvalue weighted by molar-refractivity contribution is 0.108. The zero-order valence-corrected chi connectivity index (χ0v) is 8.74. The highest BCUT2D eigenvalue weighted by atomic mass is 19.1. The Hall–Kier alpha value is -1.16. The largest absolute Gasteiger partial charge is 0.382 e. The fourth-order valence-corrected chi connectivity index (χ4v) is 2.01. The number of anilines is 1. The Balaban J connectivity index is 1.92. The highest BCUT2D eigenvalue weighted by Gasteiger charge is 2.24. The standard InChI is InChI=1S/C11H15FN2O/c1-15-10-3-2-8(6-10)14-9-4-5-13-11(12)7-9/h4-5,7-8,10H,2-3,6H2,1H3,(H,13,14). The Kier molecular flexibility index (Phi) is 3.16. The molecule has 82 valence electrons. The molecule has 2 unspecified atom stereocenters. The van der Waals surface area contributed by atoms with E-state index < -0.39 is 5.95 Å². The Morgan fingerprint density at radius 2 is 2.40 bits per heavy atom. The molecule has 1 N–H and O–H groups in total. The van der Waals surface area contributed by atoms with Crippen molar-refractivity contribution in [1.82, 2.24) is 4.98 Å². The van der Waals surface area contributed by atoms with Crippen LogP contribution in [0.25, 0.3) is 0 Å². The first kappa shape index (κ1) is 10.4. The summed E-state index contributed by atoms with van der Waals surface area (Å²) in [4.78, 5) is 3.51. The number of methoxy groups -OCH3 is 1. The van der Waals surface area contributed by atoms with Crippen molar-refractivity contribution in [2.24, 2.45) is 0 Å². The first-order valence-corrected chi connectivity index (χ1v) is 5.19. The molecule has 1 aliphatic rings. The molecule has 1 fully saturated rings. The van der Waals surface area contributed by atoms with Gasteiger partial charge in [0.25, 0.3) is 0 Å². The van der Waals surface area contributed by atoms with Gasteiger partial charge in [-0.05, 0) is 25.3 Å². The first-order chi connectivity index (χ1) is 7.28. The van der Waals surface area contributed by atoms with Crippen LogP contribution in [0.15, 0.2) is 18.3 Å². The summed E-state index contributed by atoms with van der Waals surface area (Å²) in [5.74, 6) is -0.443. The molecular weight excluding hydrogens is 195 g/mol. The molecule has 0 saturated heterocycles. The fourth-order valence-electron chi connectivity index (χ4n) is 2.01. The quantitative estimate of drug-likeness (QED) is 0.776. The van der Waals surface area contributed by atoms with E-state index in [1.807, 2.05) is 0 Å². The van der Waals surface area contributed by atoms with Gasteiger partial charge in [-0.25, -0.2) is 4.98 Å². The Labute approximate surface area is 88.7 Å². The van der Waals surface area contributed by atoms with Crippen LogP contribution in [0, 0.1) is 5.95 Å². The van der Waals surface area contributed by atoms with Gasteiger partial charge >= 0.3 is 0 Å². The Morgan fingerprint density at radius 3 is 3.07 bits per heavy atom. The average Bonchev–Trinajstić information content (AvgIpc) is 2.65. The van der Waals surface area contributed by atoms with Crippen LogP contribution in [0.2, 0.25) is 0 Å². The minimum absolute atomic E-state index is 0.342. The lowest BCUT2D eigenvalue weighted by Crippen LogP contribution is -2.17. The van der Waals surface area contributed by atoms with Gasteiger partial charge < -0.3 is 10.1 Å². The van der Waals surface area contributed by atoms with E-state index in [1.54, 1.807) is 13.2 Å². The van der Waals surface area contributed by atoms with Crippen LogP contribution < -0.4 is 5.32 Å². The van der Waals surface area contributed by atoms with Crippen LogP contribution >= 0.6 is 0 Å². The number of aromatic nitrogens is 1. The highest BCUT2D eigenvalue weighted by Crippen LogP contribution is 2.24. The van der Waals surface area contributed by atoms with Crippen LogP contribution in [-0.4, -0.2) is 24.2 Å². The molecule has 1 aromatic rings. The molecule has 1 saturated carbocycles. The van der Waals surface area contributed by atoms with Gasteiger partial charge in [-0.3, -0.25) is 0 Å². The summed E-state index contributed by atoms with van der Waals surface area (Å²) in [5.41, 5.74) is 0.796. The van der Waals surface area contributed by atoms with E-state index >= 15 is 0 Å². The van der Waals surface area contributed by atoms with E-state index in [1.165, 1.54) is 12.3 Å².